The maximum Gasteiger partial charge on any atom is 0.234 e. The van der Waals surface area contributed by atoms with Crippen molar-refractivity contribution in [3.63, 3.8) is 0 Å². The largest absolute Gasteiger partial charge is 0.467 e. The number of carbonyl (C=O) groups is 1. The summed E-state index contributed by atoms with van der Waals surface area (Å²) in [5, 5.41) is 2.90. The van der Waals surface area contributed by atoms with E-state index in [1.54, 1.807) is 6.26 Å². The highest BCUT2D eigenvalue weighted by Crippen LogP contribution is 2.21. The third-order valence-electron chi connectivity index (χ3n) is 4.08. The second kappa shape index (κ2) is 5.75. The van der Waals surface area contributed by atoms with E-state index in [1.807, 2.05) is 12.1 Å². The summed E-state index contributed by atoms with van der Waals surface area (Å²) in [7, 11) is 0. The van der Waals surface area contributed by atoms with E-state index in [2.05, 4.69) is 15.1 Å². The van der Waals surface area contributed by atoms with Crippen LogP contribution in [-0.2, 0) is 11.3 Å². The Labute approximate surface area is 113 Å². The molecule has 104 valence electrons. The fraction of sp³-hybridized carbons (Fsp3) is 0.643. The molecule has 0 aromatic carbocycles. The Morgan fingerprint density at radius 1 is 1.42 bits per heavy atom. The molecule has 3 heterocycles. The fourth-order valence-corrected chi connectivity index (χ4v) is 3.06. The maximum atomic E-state index is 11.9. The Bertz CT molecular complexity index is 418. The molecule has 5 nitrogen and oxygen atoms in total. The molecule has 0 saturated carbocycles. The van der Waals surface area contributed by atoms with Gasteiger partial charge in [-0.15, -0.1) is 0 Å². The van der Waals surface area contributed by atoms with E-state index >= 15 is 0 Å². The molecule has 2 saturated heterocycles. The number of nitrogens with one attached hydrogen (secondary N) is 1. The van der Waals surface area contributed by atoms with Crippen LogP contribution in [0.1, 0.15) is 18.6 Å². The van der Waals surface area contributed by atoms with Crippen molar-refractivity contribution in [1.82, 2.24) is 15.1 Å². The van der Waals surface area contributed by atoms with Crippen LogP contribution in [0.2, 0.25) is 0 Å². The second-order valence-corrected chi connectivity index (χ2v) is 5.42. The topological polar surface area (TPSA) is 48.7 Å². The quantitative estimate of drug-likeness (QED) is 0.867. The molecular weight excluding hydrogens is 242 g/mol. The SMILES string of the molecule is O=C(CN1CCN2CCCC2C1)NCc1ccco1. The Hall–Kier alpha value is -1.33. The minimum absolute atomic E-state index is 0.0860. The van der Waals surface area contributed by atoms with Gasteiger partial charge in [-0.1, -0.05) is 0 Å². The molecule has 1 aromatic rings. The number of carbonyl (C=O) groups excluding carboxylic acids is 1. The van der Waals surface area contributed by atoms with Crippen LogP contribution >= 0.6 is 0 Å². The van der Waals surface area contributed by atoms with Crippen molar-refractivity contribution in [2.24, 2.45) is 0 Å². The molecule has 19 heavy (non-hydrogen) atoms. The van der Waals surface area contributed by atoms with Gasteiger partial charge < -0.3 is 9.73 Å². The van der Waals surface area contributed by atoms with Crippen molar-refractivity contribution in [1.29, 1.82) is 0 Å². The smallest absolute Gasteiger partial charge is 0.234 e. The number of hydrogen-bond donors (Lipinski definition) is 1. The highest BCUT2D eigenvalue weighted by atomic mass is 16.3. The molecule has 2 fully saturated rings. The van der Waals surface area contributed by atoms with Gasteiger partial charge in [0.2, 0.25) is 5.91 Å². The maximum absolute atomic E-state index is 11.9. The van der Waals surface area contributed by atoms with Gasteiger partial charge in [-0.25, -0.2) is 0 Å². The Kier molecular flexibility index (Phi) is 3.84. The molecule has 5 heteroatoms. The van der Waals surface area contributed by atoms with Crippen molar-refractivity contribution in [3.05, 3.63) is 24.2 Å². The van der Waals surface area contributed by atoms with Crippen LogP contribution in [0.4, 0.5) is 0 Å². The molecule has 2 aliphatic heterocycles. The fourth-order valence-electron chi connectivity index (χ4n) is 3.06. The summed E-state index contributed by atoms with van der Waals surface area (Å²) >= 11 is 0. The highest BCUT2D eigenvalue weighted by molar-refractivity contribution is 5.77. The monoisotopic (exact) mass is 263 g/mol. The summed E-state index contributed by atoms with van der Waals surface area (Å²) in [5.41, 5.74) is 0. The Morgan fingerprint density at radius 3 is 3.21 bits per heavy atom. The van der Waals surface area contributed by atoms with Crippen LogP contribution in [0.5, 0.6) is 0 Å². The number of amides is 1. The van der Waals surface area contributed by atoms with Gasteiger partial charge in [0.15, 0.2) is 0 Å². The standard InChI is InChI=1S/C14H21N3O2/c18-14(15-9-13-4-2-8-19-13)11-16-6-7-17-5-1-3-12(17)10-16/h2,4,8,12H,1,3,5-7,9-11H2,(H,15,18). The Morgan fingerprint density at radius 2 is 2.37 bits per heavy atom. The van der Waals surface area contributed by atoms with Crippen LogP contribution in [0, 0.1) is 0 Å². The zero-order valence-corrected chi connectivity index (χ0v) is 11.2. The van der Waals surface area contributed by atoms with E-state index in [4.69, 9.17) is 4.42 Å². The molecule has 1 N–H and O–H groups in total. The van der Waals surface area contributed by atoms with E-state index in [-0.39, 0.29) is 5.91 Å². The molecule has 1 aromatic heterocycles. The third kappa shape index (κ3) is 3.16. The van der Waals surface area contributed by atoms with E-state index in [0.29, 0.717) is 19.1 Å². The molecule has 0 bridgehead atoms. The number of hydrogen-bond acceptors (Lipinski definition) is 4. The molecule has 1 unspecified atom stereocenters. The first-order chi connectivity index (χ1) is 9.31. The summed E-state index contributed by atoms with van der Waals surface area (Å²) in [4.78, 5) is 16.7. The zero-order chi connectivity index (χ0) is 13.1. The van der Waals surface area contributed by atoms with Crippen LogP contribution in [0.25, 0.3) is 0 Å². The van der Waals surface area contributed by atoms with Gasteiger partial charge in [-0.05, 0) is 31.5 Å². The van der Waals surface area contributed by atoms with Gasteiger partial charge in [-0.3, -0.25) is 14.6 Å². The van der Waals surface area contributed by atoms with Crippen molar-refractivity contribution >= 4 is 5.91 Å². The van der Waals surface area contributed by atoms with E-state index < -0.39 is 0 Å². The van der Waals surface area contributed by atoms with Gasteiger partial charge in [0.05, 0.1) is 19.4 Å². The summed E-state index contributed by atoms with van der Waals surface area (Å²) < 4.78 is 5.20. The molecule has 0 spiro atoms. The number of rotatable bonds is 4. The average Bonchev–Trinajstić information content (AvgIpc) is 3.07. The van der Waals surface area contributed by atoms with Crippen molar-refractivity contribution in [2.75, 3.05) is 32.7 Å². The van der Waals surface area contributed by atoms with Gasteiger partial charge in [-0.2, -0.15) is 0 Å². The van der Waals surface area contributed by atoms with Gasteiger partial charge in [0.1, 0.15) is 5.76 Å². The van der Waals surface area contributed by atoms with Crippen molar-refractivity contribution in [2.45, 2.75) is 25.4 Å². The molecule has 2 aliphatic rings. The lowest BCUT2D eigenvalue weighted by Crippen LogP contribution is -2.52. The van der Waals surface area contributed by atoms with Gasteiger partial charge in [0.25, 0.3) is 0 Å². The summed E-state index contributed by atoms with van der Waals surface area (Å²) in [6, 6.07) is 4.38. The van der Waals surface area contributed by atoms with E-state index in [9.17, 15) is 4.79 Å². The lowest BCUT2D eigenvalue weighted by atomic mass is 10.1. The number of furan rings is 1. The summed E-state index contributed by atoms with van der Waals surface area (Å²) in [6.07, 6.45) is 4.22. The normalized spacial score (nSPS) is 24.3. The molecule has 1 atom stereocenters. The zero-order valence-electron chi connectivity index (χ0n) is 11.2. The molecular formula is C14H21N3O2. The van der Waals surface area contributed by atoms with Crippen molar-refractivity contribution in [3.8, 4) is 0 Å². The van der Waals surface area contributed by atoms with Gasteiger partial charge in [0, 0.05) is 25.7 Å². The molecule has 0 radical (unpaired) electrons. The Balaban J connectivity index is 1.42. The average molecular weight is 263 g/mol. The predicted octanol–water partition coefficient (Wildman–Crippen LogP) is 0.676. The first-order valence-corrected chi connectivity index (χ1v) is 7.07. The third-order valence-corrected chi connectivity index (χ3v) is 4.08. The van der Waals surface area contributed by atoms with Crippen molar-refractivity contribution < 1.29 is 9.21 Å². The van der Waals surface area contributed by atoms with E-state index in [0.717, 1.165) is 25.4 Å². The van der Waals surface area contributed by atoms with Gasteiger partial charge >= 0.3 is 0 Å². The molecule has 0 aliphatic carbocycles. The second-order valence-electron chi connectivity index (χ2n) is 5.42. The van der Waals surface area contributed by atoms with E-state index in [1.165, 1.54) is 19.4 Å². The van der Waals surface area contributed by atoms with Crippen LogP contribution in [0.15, 0.2) is 22.8 Å². The molecule has 1 amide bonds. The first kappa shape index (κ1) is 12.7. The minimum atomic E-state index is 0.0860. The predicted molar refractivity (Wildman–Crippen MR) is 71.6 cm³/mol. The number of piperazine rings is 1. The van der Waals surface area contributed by atoms with Crippen LogP contribution < -0.4 is 5.32 Å². The summed E-state index contributed by atoms with van der Waals surface area (Å²) in [6.45, 7) is 5.37. The first-order valence-electron chi connectivity index (χ1n) is 7.07. The summed E-state index contributed by atoms with van der Waals surface area (Å²) in [5.74, 6) is 0.886. The lowest BCUT2D eigenvalue weighted by Gasteiger charge is -2.37. The van der Waals surface area contributed by atoms with Crippen LogP contribution in [-0.4, -0.2) is 54.5 Å². The highest BCUT2D eigenvalue weighted by Gasteiger charge is 2.30. The molecule has 3 rings (SSSR count). The minimum Gasteiger partial charge on any atom is -0.467 e. The number of nitrogens with zero attached hydrogens (tertiary/aromatic N) is 2. The number of fused-ring (bicyclic) bond motifs is 1. The van der Waals surface area contributed by atoms with Crippen LogP contribution in [0.3, 0.4) is 0 Å². The lowest BCUT2D eigenvalue weighted by molar-refractivity contribution is -0.123.